The van der Waals surface area contributed by atoms with Gasteiger partial charge in [0.1, 0.15) is 5.69 Å². The molecule has 1 N–H and O–H groups in total. The van der Waals surface area contributed by atoms with Crippen molar-refractivity contribution in [2.45, 2.75) is 0 Å². The van der Waals surface area contributed by atoms with E-state index in [1.54, 1.807) is 7.05 Å². The van der Waals surface area contributed by atoms with E-state index in [0.717, 1.165) is 5.06 Å². The Kier molecular flexibility index (Phi) is 2.29. The number of nitrogens with zero attached hydrogens (tertiary/aromatic N) is 3. The number of rotatable bonds is 2. The van der Waals surface area contributed by atoms with Gasteiger partial charge in [-0.3, -0.25) is 9.52 Å². The Labute approximate surface area is 68.9 Å². The molecule has 6 heteroatoms. The summed E-state index contributed by atoms with van der Waals surface area (Å²) in [6.45, 7) is 0. The van der Waals surface area contributed by atoms with Crippen LogP contribution in [0.5, 0.6) is 0 Å². The summed E-state index contributed by atoms with van der Waals surface area (Å²) in [7, 11) is 2.97. The highest BCUT2D eigenvalue weighted by molar-refractivity contribution is 5.83. The number of hydroxylamine groups is 1. The number of aromatic nitrogens is 2. The van der Waals surface area contributed by atoms with Crippen LogP contribution in [-0.4, -0.2) is 28.1 Å². The molecule has 6 nitrogen and oxygen atoms in total. The number of aryl methyl sites for hydroxylation is 1. The Morgan fingerprint density at radius 3 is 2.83 bits per heavy atom. The average molecular weight is 171 g/mol. The first-order valence-electron chi connectivity index (χ1n) is 3.21. The summed E-state index contributed by atoms with van der Waals surface area (Å²) in [5.41, 5.74) is 0.382. The zero-order valence-electron chi connectivity index (χ0n) is 6.76. The monoisotopic (exact) mass is 171 g/mol. The minimum absolute atomic E-state index is 0.382. The summed E-state index contributed by atoms with van der Waals surface area (Å²) in [6.07, 6.45) is 1.76. The summed E-state index contributed by atoms with van der Waals surface area (Å²) in [4.78, 5) is 15.1. The van der Waals surface area contributed by atoms with Gasteiger partial charge in [-0.1, -0.05) is 0 Å². The van der Waals surface area contributed by atoms with Crippen LogP contribution in [0.15, 0.2) is 12.4 Å². The molecule has 0 radical (unpaired) electrons. The van der Waals surface area contributed by atoms with Crippen molar-refractivity contribution in [2.75, 3.05) is 12.2 Å². The smallest absolute Gasteiger partial charge is 0.436 e. The maximum Gasteiger partial charge on any atom is 0.436 e. The third-order valence-corrected chi connectivity index (χ3v) is 1.28. The van der Waals surface area contributed by atoms with Crippen LogP contribution in [0.1, 0.15) is 0 Å². The molecular weight excluding hydrogens is 162 g/mol. The molecule has 0 bridgehead atoms. The first kappa shape index (κ1) is 8.54. The van der Waals surface area contributed by atoms with Crippen LogP contribution in [0.3, 0.4) is 0 Å². The molecule has 12 heavy (non-hydrogen) atoms. The second-order valence-electron chi connectivity index (χ2n) is 2.13. The number of hydrogen-bond donors (Lipinski definition) is 1. The average Bonchev–Trinajstić information content (AvgIpc) is 2.37. The van der Waals surface area contributed by atoms with E-state index in [1.165, 1.54) is 24.2 Å². The first-order valence-corrected chi connectivity index (χ1v) is 3.21. The van der Waals surface area contributed by atoms with Gasteiger partial charge in [0.15, 0.2) is 0 Å². The molecule has 0 spiro atoms. The van der Waals surface area contributed by atoms with Gasteiger partial charge in [-0.2, -0.15) is 10.2 Å². The van der Waals surface area contributed by atoms with E-state index < -0.39 is 6.09 Å². The molecule has 1 aromatic rings. The highest BCUT2D eigenvalue weighted by Gasteiger charge is 2.14. The fourth-order valence-electron chi connectivity index (χ4n) is 0.807. The molecule has 0 fully saturated rings. The zero-order chi connectivity index (χ0) is 9.14. The van der Waals surface area contributed by atoms with Crippen LogP contribution >= 0.6 is 0 Å². The van der Waals surface area contributed by atoms with Crippen molar-refractivity contribution in [1.82, 2.24) is 9.78 Å². The molecule has 0 atom stereocenters. The van der Waals surface area contributed by atoms with Gasteiger partial charge in [0, 0.05) is 7.05 Å². The first-order chi connectivity index (χ1) is 5.65. The van der Waals surface area contributed by atoms with Crippen molar-refractivity contribution in [1.29, 1.82) is 0 Å². The maximum absolute atomic E-state index is 10.5. The molecule has 0 saturated heterocycles. The molecule has 0 aliphatic carbocycles. The zero-order valence-corrected chi connectivity index (χ0v) is 6.76. The molecular formula is C6H9N3O3. The van der Waals surface area contributed by atoms with E-state index in [4.69, 9.17) is 5.11 Å². The minimum atomic E-state index is -1.18. The molecule has 1 amide bonds. The number of carboxylic acid groups (broad SMARTS) is 1. The Morgan fingerprint density at radius 2 is 2.50 bits per heavy atom. The van der Waals surface area contributed by atoms with Gasteiger partial charge in [-0.05, 0) is 0 Å². The molecule has 1 rings (SSSR count). The van der Waals surface area contributed by atoms with Gasteiger partial charge in [0.25, 0.3) is 0 Å². The normalized spacial score (nSPS) is 9.83. The van der Waals surface area contributed by atoms with Crippen molar-refractivity contribution in [3.05, 3.63) is 12.4 Å². The van der Waals surface area contributed by atoms with E-state index in [-0.39, 0.29) is 0 Å². The molecule has 0 saturated carbocycles. The highest BCUT2D eigenvalue weighted by atomic mass is 16.7. The molecule has 66 valence electrons. The van der Waals surface area contributed by atoms with Gasteiger partial charge in [0.05, 0.1) is 19.5 Å². The largest absolute Gasteiger partial charge is 0.463 e. The van der Waals surface area contributed by atoms with Crippen LogP contribution in [0, 0.1) is 0 Å². The van der Waals surface area contributed by atoms with Crippen LogP contribution in [0.25, 0.3) is 0 Å². The van der Waals surface area contributed by atoms with Crippen LogP contribution in [0.4, 0.5) is 10.5 Å². The minimum Gasteiger partial charge on any atom is -0.463 e. The molecule has 0 aliphatic heterocycles. The van der Waals surface area contributed by atoms with Crippen molar-refractivity contribution < 1.29 is 14.7 Å². The molecule has 0 unspecified atom stereocenters. The Bertz CT molecular complexity index is 283. The van der Waals surface area contributed by atoms with Crippen LogP contribution in [0.2, 0.25) is 0 Å². The lowest BCUT2D eigenvalue weighted by Crippen LogP contribution is -2.27. The topological polar surface area (TPSA) is 67.6 Å². The fraction of sp³-hybridized carbons (Fsp3) is 0.333. The van der Waals surface area contributed by atoms with Gasteiger partial charge >= 0.3 is 6.09 Å². The Morgan fingerprint density at radius 1 is 1.83 bits per heavy atom. The van der Waals surface area contributed by atoms with Crippen molar-refractivity contribution in [3.63, 3.8) is 0 Å². The van der Waals surface area contributed by atoms with E-state index in [0.29, 0.717) is 5.69 Å². The van der Waals surface area contributed by atoms with Crippen molar-refractivity contribution >= 4 is 11.8 Å². The lowest BCUT2D eigenvalue weighted by Gasteiger charge is -2.12. The van der Waals surface area contributed by atoms with E-state index in [9.17, 15) is 4.79 Å². The van der Waals surface area contributed by atoms with Gasteiger partial charge in [0.2, 0.25) is 0 Å². The van der Waals surface area contributed by atoms with Crippen molar-refractivity contribution in [3.8, 4) is 0 Å². The van der Waals surface area contributed by atoms with Crippen LogP contribution in [-0.2, 0) is 11.9 Å². The molecule has 0 aliphatic rings. The lowest BCUT2D eigenvalue weighted by atomic mass is 10.6. The van der Waals surface area contributed by atoms with Gasteiger partial charge in [-0.15, -0.1) is 0 Å². The highest BCUT2D eigenvalue weighted by Crippen LogP contribution is 2.11. The third kappa shape index (κ3) is 1.54. The predicted octanol–water partition coefficient (Wildman–Crippen LogP) is 0.466. The van der Waals surface area contributed by atoms with E-state index >= 15 is 0 Å². The second kappa shape index (κ2) is 3.22. The number of amides is 1. The van der Waals surface area contributed by atoms with E-state index in [1.807, 2.05) is 0 Å². The molecule has 1 heterocycles. The number of carbonyl (C=O) groups is 1. The van der Waals surface area contributed by atoms with Crippen molar-refractivity contribution in [2.24, 2.45) is 7.05 Å². The summed E-state index contributed by atoms with van der Waals surface area (Å²) in [5, 5.41) is 13.1. The lowest BCUT2D eigenvalue weighted by molar-refractivity contribution is 0.130. The maximum atomic E-state index is 10.5. The fourth-order valence-corrected chi connectivity index (χ4v) is 0.807. The van der Waals surface area contributed by atoms with Gasteiger partial charge in [-0.25, -0.2) is 4.79 Å². The third-order valence-electron chi connectivity index (χ3n) is 1.28. The Hall–Kier alpha value is -1.56. The summed E-state index contributed by atoms with van der Waals surface area (Å²) >= 11 is 0. The summed E-state index contributed by atoms with van der Waals surface area (Å²) in [5.74, 6) is 0. The summed E-state index contributed by atoms with van der Waals surface area (Å²) < 4.78 is 1.49. The van der Waals surface area contributed by atoms with Gasteiger partial charge < -0.3 is 5.11 Å². The Balaban J connectivity index is 2.87. The van der Waals surface area contributed by atoms with E-state index in [2.05, 4.69) is 9.94 Å². The van der Waals surface area contributed by atoms with Crippen LogP contribution < -0.4 is 5.06 Å². The summed E-state index contributed by atoms with van der Waals surface area (Å²) in [6, 6.07) is 0. The quantitative estimate of drug-likeness (QED) is 0.656. The number of anilines is 1. The second-order valence-corrected chi connectivity index (χ2v) is 2.13. The predicted molar refractivity (Wildman–Crippen MR) is 40.7 cm³/mol. The molecule has 0 aromatic carbocycles. The standard InChI is InChI=1S/C6H9N3O3/c1-8-4-5(3-7-8)9(12-2)6(10)11/h3-4H,1-2H3,(H,10,11). The number of hydrogen-bond acceptors (Lipinski definition) is 3. The molecule has 1 aromatic heterocycles. The SMILES string of the molecule is CON(C(=O)O)c1cnn(C)c1.